The summed E-state index contributed by atoms with van der Waals surface area (Å²) >= 11 is 2.01. The Morgan fingerprint density at radius 2 is 1.86 bits per heavy atom. The van der Waals surface area contributed by atoms with E-state index in [-0.39, 0.29) is 0 Å². The van der Waals surface area contributed by atoms with Crippen LogP contribution in [0.2, 0.25) is 0 Å². The van der Waals surface area contributed by atoms with Crippen LogP contribution in [0.1, 0.15) is 57.8 Å². The molecule has 4 heteroatoms. The van der Waals surface area contributed by atoms with Gasteiger partial charge in [-0.15, -0.1) is 0 Å². The molecule has 3 aliphatic heterocycles. The zero-order valence-electron chi connectivity index (χ0n) is 13.3. The largest absolute Gasteiger partial charge is 0.362 e. The molecule has 3 fully saturated rings. The molecule has 2 bridgehead atoms. The average molecular weight is 308 g/mol. The normalized spacial score (nSPS) is 39.3. The van der Waals surface area contributed by atoms with Crippen LogP contribution in [0.5, 0.6) is 0 Å². The van der Waals surface area contributed by atoms with E-state index in [0.717, 1.165) is 18.6 Å². The van der Waals surface area contributed by atoms with Gasteiger partial charge in [0.05, 0.1) is 0 Å². The van der Waals surface area contributed by atoms with E-state index in [1.54, 1.807) is 0 Å². The fraction of sp³-hybridized carbons (Fsp3) is 0.941. The van der Waals surface area contributed by atoms with Gasteiger partial charge in [-0.05, 0) is 51.0 Å². The number of thioether (sulfide) groups is 1. The summed E-state index contributed by atoms with van der Waals surface area (Å²) < 4.78 is 0. The summed E-state index contributed by atoms with van der Waals surface area (Å²) in [6, 6.07) is 2.29. The Bertz CT molecular complexity index is 402. The Labute approximate surface area is 133 Å². The number of nitrogens with zero attached hydrogens (tertiary/aromatic N) is 2. The van der Waals surface area contributed by atoms with E-state index in [1.165, 1.54) is 68.7 Å². The van der Waals surface area contributed by atoms with E-state index >= 15 is 0 Å². The van der Waals surface area contributed by atoms with E-state index in [9.17, 15) is 0 Å². The molecule has 3 nitrogen and oxygen atoms in total. The van der Waals surface area contributed by atoms with Crippen LogP contribution in [-0.4, -0.2) is 47.5 Å². The summed E-state index contributed by atoms with van der Waals surface area (Å²) in [5, 5.41) is 5.05. The molecule has 2 saturated heterocycles. The molecule has 21 heavy (non-hydrogen) atoms. The predicted molar refractivity (Wildman–Crippen MR) is 91.0 cm³/mol. The van der Waals surface area contributed by atoms with Gasteiger partial charge in [0, 0.05) is 30.4 Å². The first-order valence-electron chi connectivity index (χ1n) is 8.90. The topological polar surface area (TPSA) is 27.6 Å². The second kappa shape index (κ2) is 5.77. The molecule has 4 aliphatic rings. The highest BCUT2D eigenvalue weighted by Crippen LogP contribution is 2.43. The van der Waals surface area contributed by atoms with Crippen LogP contribution in [0.3, 0.4) is 0 Å². The van der Waals surface area contributed by atoms with Crippen LogP contribution in [-0.2, 0) is 0 Å². The highest BCUT2D eigenvalue weighted by molar-refractivity contribution is 8.13. The number of hydrogen-bond acceptors (Lipinski definition) is 4. The van der Waals surface area contributed by atoms with Gasteiger partial charge in [0.25, 0.3) is 0 Å². The van der Waals surface area contributed by atoms with Crippen LogP contribution in [0.15, 0.2) is 4.99 Å². The third-order valence-electron chi connectivity index (χ3n) is 6.40. The number of nitrogens with one attached hydrogen (secondary N) is 1. The highest BCUT2D eigenvalue weighted by atomic mass is 32.2. The minimum Gasteiger partial charge on any atom is -0.362 e. The molecular formula is C17H29N3S. The lowest BCUT2D eigenvalue weighted by Gasteiger charge is -2.47. The molecule has 0 amide bonds. The molecule has 2 atom stereocenters. The third kappa shape index (κ3) is 2.86. The van der Waals surface area contributed by atoms with Gasteiger partial charge < -0.3 is 10.2 Å². The predicted octanol–water partition coefficient (Wildman–Crippen LogP) is 3.25. The van der Waals surface area contributed by atoms with Crippen molar-refractivity contribution in [2.75, 3.05) is 19.3 Å². The van der Waals surface area contributed by atoms with Crippen molar-refractivity contribution in [2.24, 2.45) is 10.4 Å². The van der Waals surface area contributed by atoms with E-state index in [2.05, 4.69) is 17.3 Å². The summed E-state index contributed by atoms with van der Waals surface area (Å²) in [6.07, 6.45) is 12.5. The van der Waals surface area contributed by atoms with Crippen LogP contribution in [0.4, 0.5) is 0 Å². The molecule has 1 spiro atoms. The first-order valence-corrected chi connectivity index (χ1v) is 9.88. The molecular weight excluding hydrogens is 278 g/mol. The van der Waals surface area contributed by atoms with Crippen LogP contribution < -0.4 is 5.32 Å². The van der Waals surface area contributed by atoms with Crippen molar-refractivity contribution in [3.05, 3.63) is 0 Å². The monoisotopic (exact) mass is 307 g/mol. The number of fused-ring (bicyclic) bond motifs is 2. The smallest absolute Gasteiger partial charge is 0.156 e. The maximum absolute atomic E-state index is 4.93. The molecule has 0 aromatic carbocycles. The number of aliphatic imine (C=N–C) groups is 1. The number of piperidine rings is 2. The Hall–Kier alpha value is -0.220. The van der Waals surface area contributed by atoms with Crippen LogP contribution in [0, 0.1) is 5.41 Å². The average Bonchev–Trinajstić information content (AvgIpc) is 2.91. The summed E-state index contributed by atoms with van der Waals surface area (Å²) in [7, 11) is 2.33. The quantitative estimate of drug-likeness (QED) is 0.806. The first-order chi connectivity index (χ1) is 10.2. The van der Waals surface area contributed by atoms with Crippen molar-refractivity contribution in [1.82, 2.24) is 10.2 Å². The van der Waals surface area contributed by atoms with Crippen LogP contribution >= 0.6 is 11.8 Å². The molecule has 4 rings (SSSR count). The lowest BCUT2D eigenvalue weighted by Crippen LogP contribution is -2.55. The fourth-order valence-electron chi connectivity index (χ4n) is 4.98. The van der Waals surface area contributed by atoms with Gasteiger partial charge in [0.2, 0.25) is 0 Å². The zero-order valence-corrected chi connectivity index (χ0v) is 14.1. The maximum atomic E-state index is 4.93. The number of hydrogen-bond donors (Lipinski definition) is 1. The molecule has 1 N–H and O–H groups in total. The van der Waals surface area contributed by atoms with Crippen molar-refractivity contribution in [3.8, 4) is 0 Å². The van der Waals surface area contributed by atoms with E-state index in [0.29, 0.717) is 11.5 Å². The molecule has 0 aromatic heterocycles. The Kier molecular flexibility index (Phi) is 3.95. The van der Waals surface area contributed by atoms with Crippen molar-refractivity contribution in [1.29, 1.82) is 0 Å². The summed E-state index contributed by atoms with van der Waals surface area (Å²) in [4.78, 5) is 7.57. The second-order valence-electron chi connectivity index (χ2n) is 7.83. The zero-order chi connectivity index (χ0) is 14.3. The van der Waals surface area contributed by atoms with Crippen molar-refractivity contribution < 1.29 is 0 Å². The van der Waals surface area contributed by atoms with Crippen molar-refractivity contribution >= 4 is 16.9 Å². The minimum atomic E-state index is 0.569. The molecule has 3 heterocycles. The molecule has 1 aliphatic carbocycles. The minimum absolute atomic E-state index is 0.569. The van der Waals surface area contributed by atoms with E-state index in [1.807, 2.05) is 11.8 Å². The van der Waals surface area contributed by atoms with Crippen molar-refractivity contribution in [2.45, 2.75) is 75.9 Å². The molecule has 0 radical (unpaired) electrons. The lowest BCUT2D eigenvalue weighted by molar-refractivity contribution is 0.0530. The summed E-state index contributed by atoms with van der Waals surface area (Å²) in [6.45, 7) is 1.09. The molecule has 1 saturated carbocycles. The van der Waals surface area contributed by atoms with Gasteiger partial charge >= 0.3 is 0 Å². The third-order valence-corrected chi connectivity index (χ3v) is 7.68. The van der Waals surface area contributed by atoms with Gasteiger partial charge in [-0.2, -0.15) is 0 Å². The number of rotatable bonds is 1. The van der Waals surface area contributed by atoms with Gasteiger partial charge in [-0.1, -0.05) is 31.0 Å². The summed E-state index contributed by atoms with van der Waals surface area (Å²) in [5.74, 6) is 1.30. The number of amidine groups is 1. The molecule has 118 valence electrons. The maximum Gasteiger partial charge on any atom is 0.156 e. The van der Waals surface area contributed by atoms with E-state index < -0.39 is 0 Å². The standard InChI is InChI=1S/C17H29N3S/c1-20-14-5-4-6-15(20)10-13(9-14)19-16-18-11-17(12-21-16)7-2-3-8-17/h13-15H,2-12H2,1H3,(H,18,19). The van der Waals surface area contributed by atoms with Crippen LogP contribution in [0.25, 0.3) is 0 Å². The van der Waals surface area contributed by atoms with Gasteiger partial charge in [-0.25, -0.2) is 0 Å². The molecule has 2 unspecified atom stereocenters. The highest BCUT2D eigenvalue weighted by Gasteiger charge is 2.39. The van der Waals surface area contributed by atoms with Gasteiger partial charge in [0.1, 0.15) is 0 Å². The SMILES string of the molecule is CN1C2CCCC1CC(NC1=NCC3(CCCC3)CS1)C2. The Morgan fingerprint density at radius 1 is 1.14 bits per heavy atom. The Morgan fingerprint density at radius 3 is 2.48 bits per heavy atom. The second-order valence-corrected chi connectivity index (χ2v) is 8.80. The van der Waals surface area contributed by atoms with Gasteiger partial charge in [-0.3, -0.25) is 4.99 Å². The van der Waals surface area contributed by atoms with E-state index in [4.69, 9.17) is 4.99 Å². The summed E-state index contributed by atoms with van der Waals surface area (Å²) in [5.41, 5.74) is 0.569. The Balaban J connectivity index is 1.35. The fourth-order valence-corrected chi connectivity index (χ4v) is 6.20. The first kappa shape index (κ1) is 14.4. The van der Waals surface area contributed by atoms with Gasteiger partial charge in [0.15, 0.2) is 5.17 Å². The lowest BCUT2D eigenvalue weighted by atomic mass is 9.82. The van der Waals surface area contributed by atoms with Crippen molar-refractivity contribution in [3.63, 3.8) is 0 Å². The molecule has 0 aromatic rings.